The molecule has 4 saturated carbocycles. The van der Waals surface area contributed by atoms with Crippen molar-refractivity contribution in [2.24, 2.45) is 23.7 Å². The van der Waals surface area contributed by atoms with E-state index in [4.69, 9.17) is 9.72 Å². The van der Waals surface area contributed by atoms with E-state index in [9.17, 15) is 0 Å². The van der Waals surface area contributed by atoms with E-state index in [1.165, 1.54) is 48.6 Å². The van der Waals surface area contributed by atoms with Gasteiger partial charge >= 0.3 is 0 Å². The third-order valence-corrected chi connectivity index (χ3v) is 12.7. The van der Waals surface area contributed by atoms with Crippen LogP contribution < -0.4 is 14.5 Å². The maximum Gasteiger partial charge on any atom is 0.135 e. The predicted octanol–water partition coefficient (Wildman–Crippen LogP) is 11.0. The topological polar surface area (TPSA) is 33.5 Å². The van der Waals surface area contributed by atoms with Crippen LogP contribution in [-0.2, 0) is 26.5 Å². The van der Waals surface area contributed by atoms with Gasteiger partial charge in [-0.3, -0.25) is 0 Å². The normalized spacial score (nSPS) is 24.1. The van der Waals surface area contributed by atoms with Crippen LogP contribution in [-0.4, -0.2) is 16.6 Å². The van der Waals surface area contributed by atoms with Crippen molar-refractivity contribution >= 4 is 38.9 Å². The van der Waals surface area contributed by atoms with Crippen molar-refractivity contribution in [2.75, 3.05) is 16.8 Å². The molecule has 266 valence electrons. The molecular weight excluding hydrogens is 832 g/mol. The summed E-state index contributed by atoms with van der Waals surface area (Å²) in [4.78, 5) is 9.38. The number of benzene rings is 5. The molecule has 0 radical (unpaired) electrons. The van der Waals surface area contributed by atoms with Crippen molar-refractivity contribution in [2.45, 2.75) is 37.5 Å². The summed E-state index contributed by atoms with van der Waals surface area (Å²) in [6.45, 7) is 2.09. The van der Waals surface area contributed by atoms with Crippen LogP contribution in [0.2, 0.25) is 0 Å². The van der Waals surface area contributed by atoms with Gasteiger partial charge in [0.15, 0.2) is 0 Å². The zero-order valence-electron chi connectivity index (χ0n) is 29.6. The Bertz CT molecular complexity index is 2460. The Balaban J connectivity index is 0.00000349. The van der Waals surface area contributed by atoms with Gasteiger partial charge in [0.1, 0.15) is 5.82 Å². The van der Waals surface area contributed by atoms with E-state index in [2.05, 4.69) is 143 Å². The number of nitrogens with zero attached hydrogens (tertiary/aromatic N) is 4. The summed E-state index contributed by atoms with van der Waals surface area (Å²) in [5.41, 5.74) is 8.17. The monoisotopic (exact) mass is 870 g/mol. The fraction of sp³-hybridized carbons (Fsp3) is 0.234. The molecule has 5 nitrogen and oxygen atoms in total. The van der Waals surface area contributed by atoms with Crippen LogP contribution in [0.25, 0.3) is 27.6 Å². The van der Waals surface area contributed by atoms with Gasteiger partial charge in [0.25, 0.3) is 0 Å². The Morgan fingerprint density at radius 2 is 1.40 bits per heavy atom. The Morgan fingerprint density at radius 3 is 2.21 bits per heavy atom. The van der Waals surface area contributed by atoms with E-state index in [0.29, 0.717) is 23.3 Å². The number of hydrogen-bond donors (Lipinski definition) is 0. The minimum absolute atomic E-state index is 0. The number of hydrogen-bond acceptors (Lipinski definition) is 4. The predicted molar refractivity (Wildman–Crippen MR) is 208 cm³/mol. The van der Waals surface area contributed by atoms with E-state index >= 15 is 0 Å². The zero-order chi connectivity index (χ0) is 34.4. The number of fused-ring (bicyclic) bond motifs is 4. The van der Waals surface area contributed by atoms with E-state index < -0.39 is 0 Å². The maximum atomic E-state index is 6.55. The maximum absolute atomic E-state index is 6.55. The molecule has 0 unspecified atom stereocenters. The van der Waals surface area contributed by atoms with Gasteiger partial charge in [-0.1, -0.05) is 66.2 Å². The molecule has 53 heavy (non-hydrogen) atoms. The Morgan fingerprint density at radius 1 is 0.679 bits per heavy atom. The fourth-order valence-corrected chi connectivity index (χ4v) is 10.9. The molecule has 0 spiro atoms. The molecule has 0 N–H and O–H groups in total. The number of para-hydroxylation sites is 3. The Hall–Kier alpha value is -4.86. The van der Waals surface area contributed by atoms with Crippen LogP contribution in [0.4, 0.5) is 17.1 Å². The van der Waals surface area contributed by atoms with Crippen molar-refractivity contribution in [3.05, 3.63) is 157 Å². The number of anilines is 3. The first-order valence-corrected chi connectivity index (χ1v) is 18.8. The number of rotatable bonds is 6. The van der Waals surface area contributed by atoms with Gasteiger partial charge in [-0.25, -0.2) is 4.98 Å². The summed E-state index contributed by atoms with van der Waals surface area (Å²) >= 11 is 0. The minimum atomic E-state index is 0. The van der Waals surface area contributed by atoms with E-state index in [1.807, 2.05) is 24.4 Å². The second-order valence-electron chi connectivity index (χ2n) is 15.5. The van der Waals surface area contributed by atoms with E-state index in [1.54, 1.807) is 0 Å². The first-order valence-electron chi connectivity index (χ1n) is 18.8. The smallest absolute Gasteiger partial charge is 0.135 e. The number of pyridine rings is 1. The third kappa shape index (κ3) is 5.03. The van der Waals surface area contributed by atoms with Gasteiger partial charge in [0.2, 0.25) is 0 Å². The second-order valence-corrected chi connectivity index (χ2v) is 15.5. The molecule has 2 aromatic heterocycles. The average Bonchev–Trinajstić information content (AvgIpc) is 3.69. The van der Waals surface area contributed by atoms with Crippen molar-refractivity contribution in [3.8, 4) is 17.3 Å². The molecule has 4 aliphatic carbocycles. The van der Waals surface area contributed by atoms with E-state index in [-0.39, 0.29) is 26.5 Å². The molecule has 0 atom stereocenters. The van der Waals surface area contributed by atoms with Crippen LogP contribution in [0.5, 0.6) is 11.5 Å². The average molecular weight is 871 g/mol. The van der Waals surface area contributed by atoms with Gasteiger partial charge < -0.3 is 19.1 Å². The summed E-state index contributed by atoms with van der Waals surface area (Å²) in [7, 11) is 2.07. The molecule has 5 aromatic carbocycles. The van der Waals surface area contributed by atoms with E-state index in [0.717, 1.165) is 51.1 Å². The molecule has 12 rings (SSSR count). The largest absolute Gasteiger partial charge is 0.509 e. The summed E-state index contributed by atoms with van der Waals surface area (Å²) in [6.07, 6.45) is 8.82. The van der Waals surface area contributed by atoms with Crippen molar-refractivity contribution in [3.63, 3.8) is 0 Å². The van der Waals surface area contributed by atoms with Crippen LogP contribution >= 0.6 is 0 Å². The van der Waals surface area contributed by atoms with Crippen LogP contribution in [0.3, 0.4) is 0 Å². The first kappa shape index (κ1) is 32.8. The molecule has 0 saturated heterocycles. The quantitative estimate of drug-likeness (QED) is 0.156. The van der Waals surface area contributed by atoms with Crippen molar-refractivity contribution < 1.29 is 25.8 Å². The third-order valence-electron chi connectivity index (χ3n) is 12.7. The second kappa shape index (κ2) is 12.6. The van der Waals surface area contributed by atoms with Crippen LogP contribution in [0.1, 0.15) is 43.2 Å². The zero-order valence-corrected chi connectivity index (χ0v) is 31.8. The molecule has 6 heteroatoms. The SMILES string of the molecule is CN1[CH-]N(c2[c-]c(Oc3[c-]c4c(cc3)c3ccccc3n4-c3cc(C4(c5ccccc5)C5CC6CC(C5)CC4C6)ccn3)ccc2)c2ccccc21.[Pt]. The first-order chi connectivity index (χ1) is 25.6. The molecule has 4 bridgehead atoms. The van der Waals surface area contributed by atoms with Gasteiger partial charge in [-0.15, -0.1) is 41.4 Å². The molecule has 7 aromatic rings. The van der Waals surface area contributed by atoms with Crippen molar-refractivity contribution in [1.29, 1.82) is 0 Å². The number of ether oxygens (including phenoxy) is 1. The molecule has 5 aliphatic rings. The Labute approximate surface area is 325 Å². The van der Waals surface area contributed by atoms with Crippen LogP contribution in [0.15, 0.2) is 128 Å². The summed E-state index contributed by atoms with van der Waals surface area (Å²) in [5.74, 6) is 5.30. The molecule has 1 aliphatic heterocycles. The summed E-state index contributed by atoms with van der Waals surface area (Å²) in [6, 6.07) is 50.6. The summed E-state index contributed by atoms with van der Waals surface area (Å²) < 4.78 is 8.84. The molecule has 4 fully saturated rings. The fourth-order valence-electron chi connectivity index (χ4n) is 10.9. The number of aromatic nitrogens is 2. The van der Waals surface area contributed by atoms with Gasteiger partial charge in [-0.05, 0) is 110 Å². The van der Waals surface area contributed by atoms with Crippen LogP contribution in [0, 0.1) is 42.5 Å². The minimum Gasteiger partial charge on any atom is -0.509 e. The molecular formula is C47H39N4OPt-3. The molecule has 3 heterocycles. The standard InChI is InChI=1S/C47H39N4O.Pt/c1-49-30-50(44-17-8-7-16-43(44)49)37-12-9-13-38(28-37)52-39-18-19-41-40-14-5-6-15-42(40)51(45(41)29-39)46-27-34(20-21-48-46)47(33-10-3-2-4-11-33)35-23-31-22-32(25-35)26-36(47)24-31;/h2-21,27,30-32,35-36H,22-26H2,1H3;/q-3;. The van der Waals surface area contributed by atoms with Crippen molar-refractivity contribution in [1.82, 2.24) is 9.55 Å². The molecule has 0 amide bonds. The Kier molecular flexibility index (Phi) is 7.81. The van der Waals surface area contributed by atoms with Gasteiger partial charge in [0, 0.05) is 61.1 Å². The van der Waals surface area contributed by atoms with Gasteiger partial charge in [-0.2, -0.15) is 18.8 Å². The van der Waals surface area contributed by atoms with Gasteiger partial charge in [0.05, 0.1) is 0 Å². The summed E-state index contributed by atoms with van der Waals surface area (Å²) in [5, 5.41) is 2.31.